The second-order valence-corrected chi connectivity index (χ2v) is 6.59. The SMILES string of the molecule is COc1ccccc1CCNc1nc(C)cc(Nc2cccc(NC(C)=O)c2)n1. The van der Waals surface area contributed by atoms with E-state index < -0.39 is 0 Å². The number of aromatic nitrogens is 2. The molecule has 0 atom stereocenters. The Morgan fingerprint density at radius 2 is 1.83 bits per heavy atom. The first-order chi connectivity index (χ1) is 14.0. The summed E-state index contributed by atoms with van der Waals surface area (Å²) >= 11 is 0. The standard InChI is InChI=1S/C22H25N5O2/c1-15-13-21(26-19-9-6-8-18(14-19)25-16(2)28)27-22(24-15)23-12-11-17-7-4-5-10-20(17)29-3/h4-10,13-14H,11-12H2,1-3H3,(H,25,28)(H2,23,24,26,27). The number of nitrogens with zero attached hydrogens (tertiary/aromatic N) is 2. The number of para-hydroxylation sites is 1. The Kier molecular flexibility index (Phi) is 6.63. The number of carbonyl (C=O) groups is 1. The molecule has 2 aromatic carbocycles. The maximum Gasteiger partial charge on any atom is 0.224 e. The number of hydrogen-bond donors (Lipinski definition) is 3. The molecule has 29 heavy (non-hydrogen) atoms. The van der Waals surface area contributed by atoms with Crippen LogP contribution in [0.2, 0.25) is 0 Å². The summed E-state index contributed by atoms with van der Waals surface area (Å²) in [6.07, 6.45) is 0.794. The van der Waals surface area contributed by atoms with Crippen LogP contribution in [0, 0.1) is 6.92 Å². The Morgan fingerprint density at radius 3 is 2.62 bits per heavy atom. The van der Waals surface area contributed by atoms with Gasteiger partial charge in [0.15, 0.2) is 0 Å². The zero-order valence-electron chi connectivity index (χ0n) is 16.8. The van der Waals surface area contributed by atoms with Gasteiger partial charge in [-0.3, -0.25) is 4.79 Å². The topological polar surface area (TPSA) is 88.2 Å². The molecule has 0 aliphatic carbocycles. The minimum Gasteiger partial charge on any atom is -0.496 e. The molecule has 3 rings (SSSR count). The number of methoxy groups -OCH3 is 1. The fourth-order valence-electron chi connectivity index (χ4n) is 2.96. The van der Waals surface area contributed by atoms with Gasteiger partial charge >= 0.3 is 0 Å². The van der Waals surface area contributed by atoms with Crippen LogP contribution in [0.4, 0.5) is 23.1 Å². The molecule has 7 nitrogen and oxygen atoms in total. The quantitative estimate of drug-likeness (QED) is 0.535. The van der Waals surface area contributed by atoms with Gasteiger partial charge < -0.3 is 20.7 Å². The van der Waals surface area contributed by atoms with Crippen LogP contribution in [0.25, 0.3) is 0 Å². The number of aryl methyl sites for hydroxylation is 1. The summed E-state index contributed by atoms with van der Waals surface area (Å²) in [4.78, 5) is 20.2. The zero-order chi connectivity index (χ0) is 20.6. The van der Waals surface area contributed by atoms with E-state index >= 15 is 0 Å². The Balaban J connectivity index is 1.66. The van der Waals surface area contributed by atoms with Crippen molar-refractivity contribution >= 4 is 29.0 Å². The van der Waals surface area contributed by atoms with E-state index in [-0.39, 0.29) is 5.91 Å². The first-order valence-corrected chi connectivity index (χ1v) is 9.39. The first-order valence-electron chi connectivity index (χ1n) is 9.39. The van der Waals surface area contributed by atoms with Crippen LogP contribution < -0.4 is 20.7 Å². The van der Waals surface area contributed by atoms with E-state index in [1.54, 1.807) is 7.11 Å². The summed E-state index contributed by atoms with van der Waals surface area (Å²) in [5, 5.41) is 9.31. The van der Waals surface area contributed by atoms with E-state index in [4.69, 9.17) is 4.74 Å². The van der Waals surface area contributed by atoms with E-state index in [9.17, 15) is 4.79 Å². The van der Waals surface area contributed by atoms with Crippen molar-refractivity contribution in [3.63, 3.8) is 0 Å². The van der Waals surface area contributed by atoms with E-state index in [1.807, 2.05) is 61.5 Å². The maximum atomic E-state index is 11.2. The number of anilines is 4. The van der Waals surface area contributed by atoms with E-state index in [0.29, 0.717) is 18.3 Å². The number of ether oxygens (including phenoxy) is 1. The molecule has 0 saturated heterocycles. The van der Waals surface area contributed by atoms with Gasteiger partial charge in [0.1, 0.15) is 11.6 Å². The number of carbonyl (C=O) groups excluding carboxylic acids is 1. The van der Waals surface area contributed by atoms with Gasteiger partial charge in [0.05, 0.1) is 7.11 Å². The minimum absolute atomic E-state index is 0.110. The molecular formula is C22H25N5O2. The molecule has 0 saturated carbocycles. The van der Waals surface area contributed by atoms with Gasteiger partial charge in [-0.05, 0) is 43.2 Å². The highest BCUT2D eigenvalue weighted by Crippen LogP contribution is 2.21. The Labute approximate surface area is 170 Å². The van der Waals surface area contributed by atoms with Crippen LogP contribution in [-0.2, 0) is 11.2 Å². The molecule has 0 fully saturated rings. The molecule has 150 valence electrons. The summed E-state index contributed by atoms with van der Waals surface area (Å²) in [5.74, 6) is 2.00. The van der Waals surface area contributed by atoms with Crippen LogP contribution in [0.3, 0.4) is 0 Å². The van der Waals surface area contributed by atoms with Crippen molar-refractivity contribution in [2.45, 2.75) is 20.3 Å². The second-order valence-electron chi connectivity index (χ2n) is 6.59. The molecule has 1 aromatic heterocycles. The maximum absolute atomic E-state index is 11.2. The smallest absolute Gasteiger partial charge is 0.224 e. The van der Waals surface area contributed by atoms with Crippen molar-refractivity contribution in [1.82, 2.24) is 9.97 Å². The van der Waals surface area contributed by atoms with Crippen LogP contribution >= 0.6 is 0 Å². The summed E-state index contributed by atoms with van der Waals surface area (Å²) in [7, 11) is 1.68. The molecule has 3 N–H and O–H groups in total. The summed E-state index contributed by atoms with van der Waals surface area (Å²) in [6.45, 7) is 4.09. The third-order valence-electron chi connectivity index (χ3n) is 4.18. The van der Waals surface area contributed by atoms with Gasteiger partial charge in [0.25, 0.3) is 0 Å². The number of rotatable bonds is 8. The lowest BCUT2D eigenvalue weighted by Gasteiger charge is -2.12. The van der Waals surface area contributed by atoms with Gasteiger partial charge in [-0.1, -0.05) is 24.3 Å². The van der Waals surface area contributed by atoms with E-state index in [0.717, 1.165) is 34.8 Å². The van der Waals surface area contributed by atoms with Crippen LogP contribution in [0.15, 0.2) is 54.6 Å². The molecule has 3 aromatic rings. The Hall–Kier alpha value is -3.61. The Bertz CT molecular complexity index is 990. The Morgan fingerprint density at radius 1 is 1.03 bits per heavy atom. The summed E-state index contributed by atoms with van der Waals surface area (Å²) in [6, 6.07) is 17.3. The summed E-state index contributed by atoms with van der Waals surface area (Å²) in [5.41, 5.74) is 3.53. The number of amides is 1. The van der Waals surface area contributed by atoms with Crippen molar-refractivity contribution in [1.29, 1.82) is 0 Å². The highest BCUT2D eigenvalue weighted by atomic mass is 16.5. The van der Waals surface area contributed by atoms with Gasteiger partial charge in [-0.2, -0.15) is 4.98 Å². The summed E-state index contributed by atoms with van der Waals surface area (Å²) < 4.78 is 5.39. The highest BCUT2D eigenvalue weighted by molar-refractivity contribution is 5.89. The lowest BCUT2D eigenvalue weighted by molar-refractivity contribution is -0.114. The molecule has 1 amide bonds. The molecule has 0 aliphatic rings. The van der Waals surface area contributed by atoms with Crippen LogP contribution in [0.5, 0.6) is 5.75 Å². The average Bonchev–Trinajstić information content (AvgIpc) is 2.68. The predicted octanol–water partition coefficient (Wildman–Crippen LogP) is 4.15. The second kappa shape index (κ2) is 9.54. The molecular weight excluding hydrogens is 366 g/mol. The monoisotopic (exact) mass is 391 g/mol. The lowest BCUT2D eigenvalue weighted by atomic mass is 10.1. The molecule has 0 unspecified atom stereocenters. The van der Waals surface area contributed by atoms with E-state index in [1.165, 1.54) is 6.92 Å². The predicted molar refractivity (Wildman–Crippen MR) is 116 cm³/mol. The molecule has 0 bridgehead atoms. The zero-order valence-corrected chi connectivity index (χ0v) is 16.8. The van der Waals surface area contributed by atoms with Crippen molar-refractivity contribution in [2.75, 3.05) is 29.6 Å². The minimum atomic E-state index is -0.110. The van der Waals surface area contributed by atoms with Crippen molar-refractivity contribution in [2.24, 2.45) is 0 Å². The van der Waals surface area contributed by atoms with Gasteiger partial charge in [0, 0.05) is 36.6 Å². The lowest BCUT2D eigenvalue weighted by Crippen LogP contribution is -2.10. The number of nitrogens with one attached hydrogen (secondary N) is 3. The number of benzene rings is 2. The normalized spacial score (nSPS) is 10.3. The van der Waals surface area contributed by atoms with Gasteiger partial charge in [-0.15, -0.1) is 0 Å². The highest BCUT2D eigenvalue weighted by Gasteiger charge is 2.06. The molecule has 7 heteroatoms. The van der Waals surface area contributed by atoms with Crippen LogP contribution in [-0.4, -0.2) is 29.5 Å². The van der Waals surface area contributed by atoms with Crippen molar-refractivity contribution < 1.29 is 9.53 Å². The van der Waals surface area contributed by atoms with Gasteiger partial charge in [-0.25, -0.2) is 4.98 Å². The largest absolute Gasteiger partial charge is 0.496 e. The van der Waals surface area contributed by atoms with Crippen molar-refractivity contribution in [3.8, 4) is 5.75 Å². The third-order valence-corrected chi connectivity index (χ3v) is 4.18. The fraction of sp³-hybridized carbons (Fsp3) is 0.227. The average molecular weight is 391 g/mol. The van der Waals surface area contributed by atoms with Gasteiger partial charge in [0.2, 0.25) is 11.9 Å². The molecule has 0 radical (unpaired) electrons. The fourth-order valence-corrected chi connectivity index (χ4v) is 2.96. The molecule has 0 spiro atoms. The first kappa shape index (κ1) is 20.1. The van der Waals surface area contributed by atoms with Crippen molar-refractivity contribution in [3.05, 3.63) is 65.9 Å². The number of hydrogen-bond acceptors (Lipinski definition) is 6. The molecule has 0 aliphatic heterocycles. The van der Waals surface area contributed by atoms with E-state index in [2.05, 4.69) is 25.9 Å². The van der Waals surface area contributed by atoms with Crippen LogP contribution in [0.1, 0.15) is 18.2 Å². The third kappa shape index (κ3) is 5.93. The molecule has 1 heterocycles.